The number of hydrogen-bond donors (Lipinski definition) is 0. The van der Waals surface area contributed by atoms with Crippen LogP contribution in [0.1, 0.15) is 39.0 Å². The maximum absolute atomic E-state index is 11.2. The highest BCUT2D eigenvalue weighted by Crippen LogP contribution is 2.14. The van der Waals surface area contributed by atoms with E-state index in [-0.39, 0.29) is 5.78 Å². The number of rotatable bonds is 3. The molecule has 0 radical (unpaired) electrons. The fourth-order valence-corrected chi connectivity index (χ4v) is 1.36. The highest BCUT2D eigenvalue weighted by atomic mass is 16.1. The van der Waals surface area contributed by atoms with E-state index in [1.54, 1.807) is 6.08 Å². The summed E-state index contributed by atoms with van der Waals surface area (Å²) in [4.78, 5) is 11.2. The zero-order chi connectivity index (χ0) is 10.2. The Labute approximate surface area is 85.9 Å². The number of hydrogen-bond acceptors (Lipinski definition) is 1. The van der Waals surface area contributed by atoms with E-state index in [2.05, 4.69) is 24.8 Å². The van der Waals surface area contributed by atoms with Crippen molar-refractivity contribution < 1.29 is 4.79 Å². The molecule has 1 heteroatoms. The summed E-state index contributed by atoms with van der Waals surface area (Å²) in [5.41, 5.74) is 0.952. The topological polar surface area (TPSA) is 17.1 Å². The number of carbonyl (C=O) groups excluding carboxylic acids is 1. The number of unbranched alkanes of at least 4 members (excludes halogenated alkanes) is 2. The van der Waals surface area contributed by atoms with Gasteiger partial charge in [-0.05, 0) is 30.9 Å². The summed E-state index contributed by atoms with van der Waals surface area (Å²) in [5.74, 6) is 6.31. The van der Waals surface area contributed by atoms with Gasteiger partial charge in [-0.15, -0.1) is 11.8 Å². The van der Waals surface area contributed by atoms with Crippen LogP contribution in [0.4, 0.5) is 0 Å². The zero-order valence-electron chi connectivity index (χ0n) is 8.68. The molecule has 1 rings (SSSR count). The number of carbonyl (C=O) groups is 1. The molecule has 1 aliphatic rings. The van der Waals surface area contributed by atoms with Crippen LogP contribution in [0.15, 0.2) is 23.8 Å². The monoisotopic (exact) mass is 188 g/mol. The first-order chi connectivity index (χ1) is 6.84. The summed E-state index contributed by atoms with van der Waals surface area (Å²) >= 11 is 0. The van der Waals surface area contributed by atoms with Gasteiger partial charge in [0, 0.05) is 12.8 Å². The van der Waals surface area contributed by atoms with Gasteiger partial charge in [-0.1, -0.05) is 19.1 Å². The van der Waals surface area contributed by atoms with Crippen LogP contribution in [-0.2, 0) is 4.79 Å². The maximum atomic E-state index is 11.2. The Kier molecular flexibility index (Phi) is 4.78. The molecule has 0 fully saturated rings. The molecule has 0 spiro atoms. The van der Waals surface area contributed by atoms with Crippen molar-refractivity contribution in [2.75, 3.05) is 0 Å². The first kappa shape index (κ1) is 10.8. The highest BCUT2D eigenvalue weighted by Gasteiger charge is 2.08. The Morgan fingerprint density at radius 2 is 2.36 bits per heavy atom. The molecule has 0 aromatic rings. The van der Waals surface area contributed by atoms with Crippen molar-refractivity contribution in [3.8, 4) is 11.8 Å². The molecule has 74 valence electrons. The van der Waals surface area contributed by atoms with E-state index in [0.717, 1.165) is 37.7 Å². The molecule has 0 atom stereocenters. The van der Waals surface area contributed by atoms with Gasteiger partial charge in [0.25, 0.3) is 0 Å². The summed E-state index contributed by atoms with van der Waals surface area (Å²) in [6, 6.07) is 0. The van der Waals surface area contributed by atoms with Crippen molar-refractivity contribution in [3.05, 3.63) is 23.8 Å². The minimum atomic E-state index is 0.185. The minimum Gasteiger partial charge on any atom is -0.290 e. The van der Waals surface area contributed by atoms with Crippen LogP contribution in [0.2, 0.25) is 0 Å². The van der Waals surface area contributed by atoms with E-state index in [1.807, 2.05) is 6.08 Å². The summed E-state index contributed by atoms with van der Waals surface area (Å²) in [5, 5.41) is 0. The smallest absolute Gasteiger partial charge is 0.181 e. The SMILES string of the molecule is CCC#CCCC/C=C1\CC=CC1=O. The van der Waals surface area contributed by atoms with E-state index >= 15 is 0 Å². The largest absolute Gasteiger partial charge is 0.290 e. The Balaban J connectivity index is 2.18. The van der Waals surface area contributed by atoms with Gasteiger partial charge in [0.2, 0.25) is 0 Å². The van der Waals surface area contributed by atoms with Crippen molar-refractivity contribution in [1.82, 2.24) is 0 Å². The molecule has 0 bridgehead atoms. The molecular formula is C13H16O. The molecule has 0 saturated heterocycles. The molecule has 0 aromatic carbocycles. The number of ketones is 1. The third kappa shape index (κ3) is 3.62. The van der Waals surface area contributed by atoms with E-state index in [4.69, 9.17) is 0 Å². The Morgan fingerprint density at radius 3 is 3.00 bits per heavy atom. The second-order valence-electron chi connectivity index (χ2n) is 3.30. The number of allylic oxidation sites excluding steroid dienone is 4. The Hall–Kier alpha value is -1.29. The molecule has 0 saturated carbocycles. The third-order valence-electron chi connectivity index (χ3n) is 2.12. The van der Waals surface area contributed by atoms with Crippen LogP contribution in [0, 0.1) is 11.8 Å². The van der Waals surface area contributed by atoms with Crippen molar-refractivity contribution in [3.63, 3.8) is 0 Å². The van der Waals surface area contributed by atoms with E-state index in [0.29, 0.717) is 0 Å². The lowest BCUT2D eigenvalue weighted by Crippen LogP contribution is -1.90. The summed E-state index contributed by atoms with van der Waals surface area (Å²) in [7, 11) is 0. The molecule has 1 aliphatic carbocycles. The van der Waals surface area contributed by atoms with Crippen molar-refractivity contribution in [2.45, 2.75) is 39.0 Å². The average molecular weight is 188 g/mol. The van der Waals surface area contributed by atoms with Crippen LogP contribution in [0.3, 0.4) is 0 Å². The molecule has 1 nitrogen and oxygen atoms in total. The molecule has 0 unspecified atom stereocenters. The average Bonchev–Trinajstić information content (AvgIpc) is 2.58. The zero-order valence-corrected chi connectivity index (χ0v) is 8.68. The standard InChI is InChI=1S/C13H16O/c1-2-3-4-5-6-7-9-12-10-8-11-13(12)14/h8-9,11H,2,5-7,10H2,1H3/b12-9+. The lowest BCUT2D eigenvalue weighted by Gasteiger charge is -1.93. The van der Waals surface area contributed by atoms with Crippen LogP contribution in [-0.4, -0.2) is 5.78 Å². The predicted molar refractivity (Wildman–Crippen MR) is 58.8 cm³/mol. The minimum absolute atomic E-state index is 0.185. The van der Waals surface area contributed by atoms with Gasteiger partial charge in [-0.2, -0.15) is 0 Å². The van der Waals surface area contributed by atoms with Gasteiger partial charge in [-0.3, -0.25) is 4.79 Å². The summed E-state index contributed by atoms with van der Waals surface area (Å²) in [6.07, 6.45) is 10.4. The fourth-order valence-electron chi connectivity index (χ4n) is 1.36. The summed E-state index contributed by atoms with van der Waals surface area (Å²) in [6.45, 7) is 2.05. The fraction of sp³-hybridized carbons (Fsp3) is 0.462. The van der Waals surface area contributed by atoms with E-state index < -0.39 is 0 Å². The summed E-state index contributed by atoms with van der Waals surface area (Å²) < 4.78 is 0. The van der Waals surface area contributed by atoms with Gasteiger partial charge in [-0.25, -0.2) is 0 Å². The predicted octanol–water partition coefficient (Wildman–Crippen LogP) is 3.03. The van der Waals surface area contributed by atoms with Crippen LogP contribution in [0.25, 0.3) is 0 Å². The van der Waals surface area contributed by atoms with Crippen molar-refractivity contribution in [1.29, 1.82) is 0 Å². The highest BCUT2D eigenvalue weighted by molar-refractivity contribution is 6.06. The molecule has 0 amide bonds. The lowest BCUT2D eigenvalue weighted by atomic mass is 10.1. The molecule has 0 heterocycles. The van der Waals surface area contributed by atoms with Crippen LogP contribution >= 0.6 is 0 Å². The van der Waals surface area contributed by atoms with Gasteiger partial charge in [0.15, 0.2) is 5.78 Å². The molecule has 0 N–H and O–H groups in total. The van der Waals surface area contributed by atoms with Crippen molar-refractivity contribution in [2.24, 2.45) is 0 Å². The molecule has 14 heavy (non-hydrogen) atoms. The third-order valence-corrected chi connectivity index (χ3v) is 2.12. The van der Waals surface area contributed by atoms with Crippen LogP contribution in [0.5, 0.6) is 0 Å². The first-order valence-electron chi connectivity index (χ1n) is 5.20. The second-order valence-corrected chi connectivity index (χ2v) is 3.30. The van der Waals surface area contributed by atoms with Gasteiger partial charge in [0.1, 0.15) is 0 Å². The van der Waals surface area contributed by atoms with Crippen LogP contribution < -0.4 is 0 Å². The quantitative estimate of drug-likeness (QED) is 0.378. The van der Waals surface area contributed by atoms with E-state index in [1.165, 1.54) is 0 Å². The molecule has 0 aliphatic heterocycles. The van der Waals surface area contributed by atoms with Gasteiger partial charge >= 0.3 is 0 Å². The Bertz CT molecular complexity index is 310. The molecular weight excluding hydrogens is 172 g/mol. The van der Waals surface area contributed by atoms with Gasteiger partial charge < -0.3 is 0 Å². The Morgan fingerprint density at radius 1 is 1.50 bits per heavy atom. The van der Waals surface area contributed by atoms with Crippen molar-refractivity contribution >= 4 is 5.78 Å². The lowest BCUT2D eigenvalue weighted by molar-refractivity contribution is -0.111. The van der Waals surface area contributed by atoms with E-state index in [9.17, 15) is 4.79 Å². The first-order valence-corrected chi connectivity index (χ1v) is 5.20. The second kappa shape index (κ2) is 6.21. The maximum Gasteiger partial charge on any atom is 0.181 e. The van der Waals surface area contributed by atoms with Gasteiger partial charge in [0.05, 0.1) is 0 Å². The molecule has 0 aromatic heterocycles. The normalized spacial score (nSPS) is 17.2.